The number of imidazole rings is 1. The molecule has 1 amide bonds. The minimum absolute atomic E-state index is 0.000282. The highest BCUT2D eigenvalue weighted by atomic mass is 16.2. The Hall–Kier alpha value is -2.66. The van der Waals surface area contributed by atoms with Gasteiger partial charge in [0, 0.05) is 50.9 Å². The van der Waals surface area contributed by atoms with Crippen molar-refractivity contribution < 1.29 is 4.79 Å². The van der Waals surface area contributed by atoms with Gasteiger partial charge in [-0.1, -0.05) is 43.3 Å². The number of hydrogen-bond donors (Lipinski definition) is 0. The molecule has 3 heterocycles. The molecule has 1 aromatic carbocycles. The molecule has 0 radical (unpaired) electrons. The predicted octanol–water partition coefficient (Wildman–Crippen LogP) is 3.02. The Balaban J connectivity index is 1.61. The lowest BCUT2D eigenvalue weighted by Gasteiger charge is -2.34. The number of likely N-dealkylation sites (N-methyl/N-ethyl adjacent to an activating group) is 1. The average Bonchev–Trinajstić information content (AvgIpc) is 3.16. The van der Waals surface area contributed by atoms with Crippen molar-refractivity contribution in [3.63, 3.8) is 0 Å². The van der Waals surface area contributed by atoms with Gasteiger partial charge >= 0.3 is 0 Å². The van der Waals surface area contributed by atoms with Crippen LogP contribution in [0.15, 0.2) is 60.9 Å². The molecule has 140 valence electrons. The quantitative estimate of drug-likeness (QED) is 0.701. The number of piperazine rings is 1. The molecular weight excluding hydrogens is 336 g/mol. The highest BCUT2D eigenvalue weighted by molar-refractivity contribution is 5.78. The number of aromatic nitrogens is 2. The second kappa shape index (κ2) is 7.92. The molecule has 4 rings (SSSR count). The third kappa shape index (κ3) is 3.74. The molecule has 0 saturated carbocycles. The molecule has 0 bridgehead atoms. The van der Waals surface area contributed by atoms with Crippen molar-refractivity contribution in [1.82, 2.24) is 19.2 Å². The zero-order valence-corrected chi connectivity index (χ0v) is 15.8. The van der Waals surface area contributed by atoms with Crippen molar-refractivity contribution in [3.8, 4) is 0 Å². The smallest absolute Gasteiger partial charge is 0.223 e. The first-order valence-corrected chi connectivity index (χ1v) is 9.73. The molecule has 0 N–H and O–H groups in total. The lowest BCUT2D eigenvalue weighted by Crippen LogP contribution is -2.48. The second-order valence-corrected chi connectivity index (χ2v) is 7.09. The van der Waals surface area contributed by atoms with Gasteiger partial charge in [0.15, 0.2) is 0 Å². The summed E-state index contributed by atoms with van der Waals surface area (Å²) in [6.07, 6.45) is 4.41. The fraction of sp³-hybridized carbons (Fsp3) is 0.364. The summed E-state index contributed by atoms with van der Waals surface area (Å²) >= 11 is 0. The van der Waals surface area contributed by atoms with Crippen LogP contribution in [0.4, 0.5) is 0 Å². The number of benzene rings is 1. The van der Waals surface area contributed by atoms with Gasteiger partial charge in [0.1, 0.15) is 5.65 Å². The van der Waals surface area contributed by atoms with E-state index < -0.39 is 0 Å². The number of carbonyl (C=O) groups excluding carboxylic acids is 1. The maximum absolute atomic E-state index is 13.1. The van der Waals surface area contributed by atoms with Crippen LogP contribution in [-0.4, -0.2) is 57.8 Å². The van der Waals surface area contributed by atoms with Crippen molar-refractivity contribution in [1.29, 1.82) is 0 Å². The summed E-state index contributed by atoms with van der Waals surface area (Å²) in [4.78, 5) is 22.0. The van der Waals surface area contributed by atoms with Gasteiger partial charge in [0.2, 0.25) is 5.91 Å². The van der Waals surface area contributed by atoms with Crippen LogP contribution in [0.1, 0.15) is 30.5 Å². The molecule has 1 atom stereocenters. The van der Waals surface area contributed by atoms with Gasteiger partial charge in [-0.05, 0) is 24.2 Å². The molecule has 3 aromatic rings. The summed E-state index contributed by atoms with van der Waals surface area (Å²) in [6.45, 7) is 6.80. The first-order valence-electron chi connectivity index (χ1n) is 9.73. The molecule has 27 heavy (non-hydrogen) atoms. The molecule has 0 aliphatic carbocycles. The van der Waals surface area contributed by atoms with E-state index in [2.05, 4.69) is 33.3 Å². The maximum Gasteiger partial charge on any atom is 0.223 e. The van der Waals surface area contributed by atoms with Gasteiger partial charge in [0.25, 0.3) is 0 Å². The largest absolute Gasteiger partial charge is 0.340 e. The van der Waals surface area contributed by atoms with E-state index in [1.54, 1.807) is 0 Å². The van der Waals surface area contributed by atoms with Crippen LogP contribution < -0.4 is 0 Å². The first kappa shape index (κ1) is 17.7. The van der Waals surface area contributed by atoms with Crippen molar-refractivity contribution in [2.45, 2.75) is 19.3 Å². The van der Waals surface area contributed by atoms with Crippen molar-refractivity contribution in [2.24, 2.45) is 0 Å². The zero-order chi connectivity index (χ0) is 18.6. The Morgan fingerprint density at radius 2 is 1.78 bits per heavy atom. The second-order valence-electron chi connectivity index (χ2n) is 7.09. The van der Waals surface area contributed by atoms with Gasteiger partial charge in [-0.15, -0.1) is 0 Å². The van der Waals surface area contributed by atoms with Gasteiger partial charge in [0.05, 0.1) is 5.69 Å². The van der Waals surface area contributed by atoms with Gasteiger partial charge in [-0.2, -0.15) is 0 Å². The summed E-state index contributed by atoms with van der Waals surface area (Å²) in [5, 5.41) is 0. The van der Waals surface area contributed by atoms with E-state index in [-0.39, 0.29) is 11.8 Å². The molecule has 2 aromatic heterocycles. The summed E-state index contributed by atoms with van der Waals surface area (Å²) in [6, 6.07) is 16.3. The van der Waals surface area contributed by atoms with Crippen LogP contribution >= 0.6 is 0 Å². The fourth-order valence-corrected chi connectivity index (χ4v) is 3.91. The van der Waals surface area contributed by atoms with Crippen LogP contribution in [0.3, 0.4) is 0 Å². The Morgan fingerprint density at radius 3 is 2.52 bits per heavy atom. The summed E-state index contributed by atoms with van der Waals surface area (Å²) < 4.78 is 2.10. The minimum atomic E-state index is 0.000282. The number of pyridine rings is 1. The normalized spacial score (nSPS) is 16.6. The van der Waals surface area contributed by atoms with E-state index in [9.17, 15) is 4.79 Å². The molecular formula is C22H26N4O. The fourth-order valence-electron chi connectivity index (χ4n) is 3.91. The SMILES string of the molecule is CCN1CCN(C(=O)CC(c2ccccc2)c2cnc3ccccn23)CC1. The standard InChI is InChI=1S/C22H26N4O/c1-2-24-12-14-25(15-13-24)22(27)16-19(18-8-4-3-5-9-18)20-17-23-21-10-6-7-11-26(20)21/h3-11,17,19H,2,12-16H2,1H3. The molecule has 0 spiro atoms. The molecule has 1 aliphatic heterocycles. The van der Waals surface area contributed by atoms with E-state index in [0.717, 1.165) is 49.6 Å². The minimum Gasteiger partial charge on any atom is -0.340 e. The zero-order valence-electron chi connectivity index (χ0n) is 15.8. The number of nitrogens with zero attached hydrogens (tertiary/aromatic N) is 4. The van der Waals surface area contributed by atoms with Crippen LogP contribution in [-0.2, 0) is 4.79 Å². The van der Waals surface area contributed by atoms with Crippen molar-refractivity contribution in [2.75, 3.05) is 32.7 Å². The number of carbonyl (C=O) groups is 1. The molecule has 1 saturated heterocycles. The Kier molecular flexibility index (Phi) is 5.21. The van der Waals surface area contributed by atoms with Gasteiger partial charge < -0.3 is 14.2 Å². The van der Waals surface area contributed by atoms with E-state index in [1.807, 2.05) is 53.7 Å². The Morgan fingerprint density at radius 1 is 1.04 bits per heavy atom. The first-order chi connectivity index (χ1) is 13.3. The summed E-state index contributed by atoms with van der Waals surface area (Å²) in [5.74, 6) is 0.228. The predicted molar refractivity (Wildman–Crippen MR) is 107 cm³/mol. The molecule has 5 nitrogen and oxygen atoms in total. The lowest BCUT2D eigenvalue weighted by atomic mass is 9.92. The monoisotopic (exact) mass is 362 g/mol. The Bertz CT molecular complexity index is 897. The van der Waals surface area contributed by atoms with Crippen LogP contribution in [0.5, 0.6) is 0 Å². The lowest BCUT2D eigenvalue weighted by molar-refractivity contribution is -0.133. The third-order valence-electron chi connectivity index (χ3n) is 5.56. The van der Waals surface area contributed by atoms with E-state index in [4.69, 9.17) is 0 Å². The van der Waals surface area contributed by atoms with Crippen LogP contribution in [0.2, 0.25) is 0 Å². The van der Waals surface area contributed by atoms with Crippen molar-refractivity contribution in [3.05, 3.63) is 72.2 Å². The molecule has 1 aliphatic rings. The summed E-state index contributed by atoms with van der Waals surface area (Å²) in [5.41, 5.74) is 3.14. The van der Waals surface area contributed by atoms with E-state index in [1.165, 1.54) is 0 Å². The third-order valence-corrected chi connectivity index (χ3v) is 5.56. The van der Waals surface area contributed by atoms with E-state index >= 15 is 0 Å². The molecule has 5 heteroatoms. The highest BCUT2D eigenvalue weighted by Gasteiger charge is 2.26. The van der Waals surface area contributed by atoms with Crippen LogP contribution in [0.25, 0.3) is 5.65 Å². The summed E-state index contributed by atoms with van der Waals surface area (Å²) in [7, 11) is 0. The highest BCUT2D eigenvalue weighted by Crippen LogP contribution is 2.29. The number of rotatable bonds is 5. The number of amides is 1. The van der Waals surface area contributed by atoms with E-state index in [0.29, 0.717) is 6.42 Å². The number of hydrogen-bond acceptors (Lipinski definition) is 3. The van der Waals surface area contributed by atoms with Crippen molar-refractivity contribution >= 4 is 11.6 Å². The molecule has 1 unspecified atom stereocenters. The average molecular weight is 362 g/mol. The maximum atomic E-state index is 13.1. The number of fused-ring (bicyclic) bond motifs is 1. The topological polar surface area (TPSA) is 40.8 Å². The molecule has 1 fully saturated rings. The van der Waals surface area contributed by atoms with Crippen LogP contribution in [0, 0.1) is 0 Å². The Labute approximate surface area is 160 Å². The van der Waals surface area contributed by atoms with Gasteiger partial charge in [-0.25, -0.2) is 4.98 Å². The van der Waals surface area contributed by atoms with Gasteiger partial charge in [-0.3, -0.25) is 4.79 Å².